The van der Waals surface area contributed by atoms with Crippen LogP contribution in [-0.4, -0.2) is 11.7 Å². The molecule has 0 saturated heterocycles. The van der Waals surface area contributed by atoms with Crippen LogP contribution in [0.2, 0.25) is 0 Å². The molecule has 0 bridgehead atoms. The lowest BCUT2D eigenvalue weighted by atomic mass is 10.8. The minimum atomic E-state index is -0.333. The van der Waals surface area contributed by atoms with Crippen LogP contribution in [0.25, 0.3) is 0 Å². The van der Waals surface area contributed by atoms with Crippen molar-refractivity contribution in [1.29, 1.82) is 5.41 Å². The molecule has 0 saturated carbocycles. The molecule has 0 fully saturated rings. The Morgan fingerprint density at radius 3 is 1.38 bits per heavy atom. The summed E-state index contributed by atoms with van der Waals surface area (Å²) in [6.07, 6.45) is 0. The first kappa shape index (κ1) is 10.0. The number of carbonyl (C=O) groups is 1. The van der Waals surface area contributed by atoms with Crippen LogP contribution in [-0.2, 0) is 4.79 Å². The van der Waals surface area contributed by atoms with E-state index in [-0.39, 0.29) is 11.7 Å². The minimum Gasteiger partial charge on any atom is -0.388 e. The molecule has 5 N–H and O–H groups in total. The molecule has 0 aromatic rings. The van der Waals surface area contributed by atoms with Crippen molar-refractivity contribution in [2.75, 3.05) is 0 Å². The lowest BCUT2D eigenvalue weighted by Crippen LogP contribution is -2.01. The summed E-state index contributed by atoms with van der Waals surface area (Å²) in [6, 6.07) is 0. The number of amides is 1. The van der Waals surface area contributed by atoms with E-state index in [4.69, 9.17) is 11.1 Å². The number of hydrogen-bond acceptors (Lipinski definition) is 2. The lowest BCUT2D eigenvalue weighted by Gasteiger charge is -1.66. The predicted molar refractivity (Wildman–Crippen MR) is 32.5 cm³/mol. The fourth-order valence-corrected chi connectivity index (χ4v) is 0. The predicted octanol–water partition coefficient (Wildman–Crippen LogP) is -0.566. The Kier molecular flexibility index (Phi) is 7.45. The Balaban J connectivity index is 0. The standard InChI is InChI=1S/C2H6N2.C2H5NO/c2*1-2(3)4/h1H3,(H3,3,4);1H3,(H2,3,4). The highest BCUT2D eigenvalue weighted by Crippen LogP contribution is 1.36. The molecule has 1 amide bonds. The number of rotatable bonds is 0. The molecular formula is C4H11N3O. The molecule has 0 aliphatic rings. The first-order valence-electron chi connectivity index (χ1n) is 2.03. The van der Waals surface area contributed by atoms with E-state index in [0.29, 0.717) is 0 Å². The molecule has 0 heterocycles. The van der Waals surface area contributed by atoms with Gasteiger partial charge in [-0.05, 0) is 6.92 Å². The molecule has 0 radical (unpaired) electrons. The highest BCUT2D eigenvalue weighted by atomic mass is 16.1. The van der Waals surface area contributed by atoms with Gasteiger partial charge in [-0.3, -0.25) is 10.2 Å². The van der Waals surface area contributed by atoms with E-state index < -0.39 is 0 Å². The van der Waals surface area contributed by atoms with Crippen molar-refractivity contribution in [3.8, 4) is 0 Å². The molecule has 4 heteroatoms. The van der Waals surface area contributed by atoms with Crippen LogP contribution >= 0.6 is 0 Å². The van der Waals surface area contributed by atoms with E-state index in [2.05, 4.69) is 5.73 Å². The Labute approximate surface area is 48.4 Å². The average molecular weight is 117 g/mol. The fraction of sp³-hybridized carbons (Fsp3) is 0.500. The van der Waals surface area contributed by atoms with E-state index in [9.17, 15) is 4.79 Å². The van der Waals surface area contributed by atoms with Gasteiger partial charge in [0.25, 0.3) is 0 Å². The molecular weight excluding hydrogens is 106 g/mol. The third-order valence-electron chi connectivity index (χ3n) is 0. The molecule has 0 aliphatic heterocycles. The molecule has 48 valence electrons. The monoisotopic (exact) mass is 117 g/mol. The van der Waals surface area contributed by atoms with Gasteiger partial charge in [0.2, 0.25) is 5.91 Å². The van der Waals surface area contributed by atoms with Crippen LogP contribution in [0.15, 0.2) is 0 Å². The van der Waals surface area contributed by atoms with Gasteiger partial charge in [0.15, 0.2) is 0 Å². The summed E-state index contributed by atoms with van der Waals surface area (Å²) in [7, 11) is 0. The lowest BCUT2D eigenvalue weighted by molar-refractivity contribution is -0.115. The Morgan fingerprint density at radius 2 is 1.38 bits per heavy atom. The number of hydrogen-bond donors (Lipinski definition) is 3. The summed E-state index contributed by atoms with van der Waals surface area (Å²) >= 11 is 0. The Bertz CT molecular complexity index is 69.3. The van der Waals surface area contributed by atoms with Crippen molar-refractivity contribution < 1.29 is 4.79 Å². The molecule has 0 aliphatic carbocycles. The maximum absolute atomic E-state index is 9.22. The van der Waals surface area contributed by atoms with Gasteiger partial charge in [-0.25, -0.2) is 0 Å². The van der Waals surface area contributed by atoms with Gasteiger partial charge in [0.1, 0.15) is 0 Å². The molecule has 0 spiro atoms. The van der Waals surface area contributed by atoms with Crippen molar-refractivity contribution in [3.05, 3.63) is 0 Å². The third kappa shape index (κ3) is 68.3. The quantitative estimate of drug-likeness (QED) is 0.293. The maximum atomic E-state index is 9.22. The smallest absolute Gasteiger partial charge is 0.214 e. The highest BCUT2D eigenvalue weighted by molar-refractivity contribution is 5.73. The molecule has 0 rings (SSSR count). The van der Waals surface area contributed by atoms with Crippen molar-refractivity contribution in [1.82, 2.24) is 0 Å². The van der Waals surface area contributed by atoms with E-state index in [1.807, 2.05) is 0 Å². The molecule has 0 unspecified atom stereocenters. The van der Waals surface area contributed by atoms with Crippen LogP contribution in [0.4, 0.5) is 0 Å². The molecule has 4 nitrogen and oxygen atoms in total. The third-order valence-corrected chi connectivity index (χ3v) is 0. The second-order valence-electron chi connectivity index (χ2n) is 1.29. The minimum absolute atomic E-state index is 0.167. The number of carbonyl (C=O) groups excluding carboxylic acids is 1. The largest absolute Gasteiger partial charge is 0.388 e. The SMILES string of the molecule is CC(=N)N.CC(N)=O. The molecule has 0 atom stereocenters. The van der Waals surface area contributed by atoms with E-state index >= 15 is 0 Å². The normalized spacial score (nSPS) is 6.25. The molecule has 0 aromatic carbocycles. The first-order chi connectivity index (χ1) is 3.46. The molecule has 0 aromatic heterocycles. The topological polar surface area (TPSA) is 93.0 Å². The highest BCUT2D eigenvalue weighted by Gasteiger charge is 1.61. The van der Waals surface area contributed by atoms with Gasteiger partial charge in [0, 0.05) is 6.92 Å². The Hall–Kier alpha value is -1.06. The van der Waals surface area contributed by atoms with E-state index in [0.717, 1.165) is 0 Å². The van der Waals surface area contributed by atoms with E-state index in [1.165, 1.54) is 13.8 Å². The average Bonchev–Trinajstić information content (AvgIpc) is 1.25. The van der Waals surface area contributed by atoms with Crippen LogP contribution in [0, 0.1) is 5.41 Å². The number of amidine groups is 1. The first-order valence-corrected chi connectivity index (χ1v) is 2.03. The number of nitrogens with one attached hydrogen (secondary N) is 1. The van der Waals surface area contributed by atoms with Crippen LogP contribution in [0.3, 0.4) is 0 Å². The van der Waals surface area contributed by atoms with E-state index in [1.54, 1.807) is 0 Å². The summed E-state index contributed by atoms with van der Waals surface area (Å²) in [5, 5.41) is 6.28. The zero-order valence-electron chi connectivity index (χ0n) is 5.06. The number of nitrogens with two attached hydrogens (primary N) is 2. The summed E-state index contributed by atoms with van der Waals surface area (Å²) < 4.78 is 0. The molecule has 8 heavy (non-hydrogen) atoms. The maximum Gasteiger partial charge on any atom is 0.214 e. The van der Waals surface area contributed by atoms with Crippen molar-refractivity contribution in [3.63, 3.8) is 0 Å². The Morgan fingerprint density at radius 1 is 1.38 bits per heavy atom. The van der Waals surface area contributed by atoms with Crippen LogP contribution in [0.5, 0.6) is 0 Å². The van der Waals surface area contributed by atoms with Crippen molar-refractivity contribution >= 4 is 11.7 Å². The zero-order chi connectivity index (χ0) is 7.15. The van der Waals surface area contributed by atoms with Crippen molar-refractivity contribution in [2.45, 2.75) is 13.8 Å². The summed E-state index contributed by atoms with van der Waals surface area (Å²) in [4.78, 5) is 9.22. The summed E-state index contributed by atoms with van der Waals surface area (Å²) in [5.41, 5.74) is 9.17. The fourth-order valence-electron chi connectivity index (χ4n) is 0. The second kappa shape index (κ2) is 5.94. The van der Waals surface area contributed by atoms with Gasteiger partial charge < -0.3 is 11.5 Å². The van der Waals surface area contributed by atoms with Gasteiger partial charge >= 0.3 is 0 Å². The van der Waals surface area contributed by atoms with Crippen LogP contribution in [0.1, 0.15) is 13.8 Å². The van der Waals surface area contributed by atoms with Gasteiger partial charge in [-0.1, -0.05) is 0 Å². The van der Waals surface area contributed by atoms with Gasteiger partial charge in [-0.2, -0.15) is 0 Å². The van der Waals surface area contributed by atoms with Crippen LogP contribution < -0.4 is 11.5 Å². The zero-order valence-corrected chi connectivity index (χ0v) is 5.06. The summed E-state index contributed by atoms with van der Waals surface area (Å²) in [5.74, 6) is -0.167. The number of primary amides is 1. The van der Waals surface area contributed by atoms with Gasteiger partial charge in [0.05, 0.1) is 5.84 Å². The van der Waals surface area contributed by atoms with Crippen molar-refractivity contribution in [2.24, 2.45) is 11.5 Å². The summed E-state index contributed by atoms with van der Waals surface area (Å²) in [6.45, 7) is 2.83. The second-order valence-corrected chi connectivity index (χ2v) is 1.29. The van der Waals surface area contributed by atoms with Gasteiger partial charge in [-0.15, -0.1) is 0 Å².